The molecule has 1 fully saturated rings. The van der Waals surface area contributed by atoms with Crippen molar-refractivity contribution < 1.29 is 9.59 Å². The van der Waals surface area contributed by atoms with E-state index in [0.717, 1.165) is 12.2 Å². The van der Waals surface area contributed by atoms with Gasteiger partial charge in [-0.25, -0.2) is 0 Å². The monoisotopic (exact) mass is 321 g/mol. The predicted molar refractivity (Wildman–Crippen MR) is 87.9 cm³/mol. The van der Waals surface area contributed by atoms with Crippen molar-refractivity contribution in [1.82, 2.24) is 24.9 Å². The summed E-state index contributed by atoms with van der Waals surface area (Å²) in [5.74, 6) is -0.0872. The molecule has 1 aromatic heterocycles. The number of nitrogens with one attached hydrogen (secondary N) is 1. The number of rotatable bonds is 5. The van der Waals surface area contributed by atoms with E-state index in [9.17, 15) is 9.59 Å². The number of aryl methyl sites for hydroxylation is 2. The zero-order chi connectivity index (χ0) is 17.0. The number of nitrogens with zero attached hydrogens (tertiary/aromatic N) is 4. The van der Waals surface area contributed by atoms with E-state index in [-0.39, 0.29) is 11.8 Å². The summed E-state index contributed by atoms with van der Waals surface area (Å²) in [6.45, 7) is 8.71. The van der Waals surface area contributed by atoms with E-state index in [2.05, 4.69) is 29.2 Å². The Morgan fingerprint density at radius 1 is 1.39 bits per heavy atom. The molecule has 1 aliphatic rings. The largest absolute Gasteiger partial charge is 0.357 e. The smallest absolute Gasteiger partial charge is 0.243 e. The molecule has 2 heterocycles. The van der Waals surface area contributed by atoms with Gasteiger partial charge in [0.1, 0.15) is 6.04 Å². The molecule has 0 aromatic carbocycles. The Morgan fingerprint density at radius 2 is 2.13 bits per heavy atom. The highest BCUT2D eigenvalue weighted by atomic mass is 16.2. The number of likely N-dealkylation sites (N-methyl/N-ethyl adjacent to an activating group) is 1. The second-order valence-corrected chi connectivity index (χ2v) is 6.25. The Bertz CT molecular complexity index is 554. The molecule has 0 bridgehead atoms. The van der Waals surface area contributed by atoms with E-state index in [0.29, 0.717) is 32.1 Å². The summed E-state index contributed by atoms with van der Waals surface area (Å²) in [6, 6.07) is 1.87. The van der Waals surface area contributed by atoms with Crippen molar-refractivity contribution in [2.45, 2.75) is 45.8 Å². The molecular weight excluding hydrogens is 294 g/mol. The van der Waals surface area contributed by atoms with Crippen molar-refractivity contribution in [3.63, 3.8) is 0 Å². The first-order valence-electron chi connectivity index (χ1n) is 8.17. The van der Waals surface area contributed by atoms with Crippen molar-refractivity contribution in [1.29, 1.82) is 0 Å². The van der Waals surface area contributed by atoms with Gasteiger partial charge < -0.3 is 10.2 Å². The Balaban J connectivity index is 2.01. The third-order valence-corrected chi connectivity index (χ3v) is 4.48. The summed E-state index contributed by atoms with van der Waals surface area (Å²) in [4.78, 5) is 28.7. The summed E-state index contributed by atoms with van der Waals surface area (Å²) in [5, 5.41) is 6.88. The fourth-order valence-electron chi connectivity index (χ4n) is 2.94. The third-order valence-electron chi connectivity index (χ3n) is 4.48. The number of piperazine rings is 1. The molecule has 1 aromatic rings. The molecule has 1 aliphatic heterocycles. The Kier molecular flexibility index (Phi) is 5.76. The SMILES string of the molecule is CNC(=O)C1CN(C(C)C)CCN1C(=O)CCn1nccc1C. The molecule has 7 nitrogen and oxygen atoms in total. The first-order chi connectivity index (χ1) is 10.9. The highest BCUT2D eigenvalue weighted by Gasteiger charge is 2.35. The summed E-state index contributed by atoms with van der Waals surface area (Å²) in [5.41, 5.74) is 1.03. The van der Waals surface area contributed by atoms with E-state index in [1.54, 1.807) is 18.1 Å². The van der Waals surface area contributed by atoms with E-state index >= 15 is 0 Å². The van der Waals surface area contributed by atoms with Crippen LogP contribution in [-0.4, -0.2) is 70.2 Å². The molecule has 1 atom stereocenters. The molecule has 0 aliphatic carbocycles. The lowest BCUT2D eigenvalue weighted by atomic mass is 10.1. The number of carbonyl (C=O) groups excluding carboxylic acids is 2. The van der Waals surface area contributed by atoms with Crippen LogP contribution in [0.3, 0.4) is 0 Å². The van der Waals surface area contributed by atoms with E-state index in [1.165, 1.54) is 0 Å². The highest BCUT2D eigenvalue weighted by Crippen LogP contribution is 2.14. The van der Waals surface area contributed by atoms with Gasteiger partial charge in [-0.3, -0.25) is 19.2 Å². The zero-order valence-corrected chi connectivity index (χ0v) is 14.5. The Morgan fingerprint density at radius 3 is 2.70 bits per heavy atom. The minimum absolute atomic E-state index is 0.0110. The molecule has 1 saturated heterocycles. The number of amides is 2. The standard InChI is InChI=1S/C16H27N5O2/c1-12(2)19-9-10-20(14(11-19)16(23)17-4)15(22)6-8-21-13(3)5-7-18-21/h5,7,12,14H,6,8-11H2,1-4H3,(H,17,23). The number of carbonyl (C=O) groups is 2. The van der Waals surface area contributed by atoms with Gasteiger partial charge in [-0.05, 0) is 26.8 Å². The molecule has 23 heavy (non-hydrogen) atoms. The second-order valence-electron chi connectivity index (χ2n) is 6.25. The van der Waals surface area contributed by atoms with Gasteiger partial charge in [0.2, 0.25) is 11.8 Å². The van der Waals surface area contributed by atoms with Crippen molar-refractivity contribution >= 4 is 11.8 Å². The van der Waals surface area contributed by atoms with Gasteiger partial charge in [0.15, 0.2) is 0 Å². The molecule has 1 N–H and O–H groups in total. The average molecular weight is 321 g/mol. The minimum Gasteiger partial charge on any atom is -0.357 e. The quantitative estimate of drug-likeness (QED) is 0.844. The molecule has 0 spiro atoms. The molecular formula is C16H27N5O2. The van der Waals surface area contributed by atoms with E-state index < -0.39 is 6.04 Å². The van der Waals surface area contributed by atoms with Crippen molar-refractivity contribution in [3.8, 4) is 0 Å². The van der Waals surface area contributed by atoms with Gasteiger partial charge in [-0.15, -0.1) is 0 Å². The van der Waals surface area contributed by atoms with Gasteiger partial charge in [-0.1, -0.05) is 0 Å². The topological polar surface area (TPSA) is 70.5 Å². The lowest BCUT2D eigenvalue weighted by Crippen LogP contribution is -2.61. The van der Waals surface area contributed by atoms with E-state index in [1.807, 2.05) is 17.7 Å². The number of hydrogen-bond donors (Lipinski definition) is 1. The first kappa shape index (κ1) is 17.5. The van der Waals surface area contributed by atoms with Crippen LogP contribution in [0.1, 0.15) is 26.0 Å². The van der Waals surface area contributed by atoms with E-state index in [4.69, 9.17) is 0 Å². The van der Waals surface area contributed by atoms with Gasteiger partial charge in [0.05, 0.1) is 0 Å². The van der Waals surface area contributed by atoms with Gasteiger partial charge in [0, 0.05) is 57.6 Å². The van der Waals surface area contributed by atoms with Crippen molar-refractivity contribution in [3.05, 3.63) is 18.0 Å². The predicted octanol–water partition coefficient (Wildman–Crippen LogP) is 0.249. The zero-order valence-electron chi connectivity index (χ0n) is 14.5. The maximum Gasteiger partial charge on any atom is 0.243 e. The minimum atomic E-state index is -0.414. The maximum atomic E-state index is 12.6. The van der Waals surface area contributed by atoms with Gasteiger partial charge in [-0.2, -0.15) is 5.10 Å². The third kappa shape index (κ3) is 4.10. The Labute approximate surface area is 137 Å². The van der Waals surface area contributed by atoms with Crippen LogP contribution in [0, 0.1) is 6.92 Å². The summed E-state index contributed by atoms with van der Waals surface area (Å²) in [7, 11) is 1.62. The van der Waals surface area contributed by atoms with Crippen molar-refractivity contribution in [2.75, 3.05) is 26.7 Å². The van der Waals surface area contributed by atoms with Crippen LogP contribution in [0.15, 0.2) is 12.3 Å². The fourth-order valence-corrected chi connectivity index (χ4v) is 2.94. The van der Waals surface area contributed by atoms with Crippen LogP contribution in [0.2, 0.25) is 0 Å². The van der Waals surface area contributed by atoms with Crippen molar-refractivity contribution in [2.24, 2.45) is 0 Å². The molecule has 2 rings (SSSR count). The van der Waals surface area contributed by atoms with Crippen LogP contribution >= 0.6 is 0 Å². The fraction of sp³-hybridized carbons (Fsp3) is 0.688. The van der Waals surface area contributed by atoms with Crippen LogP contribution in [0.25, 0.3) is 0 Å². The lowest BCUT2D eigenvalue weighted by molar-refractivity contribution is -0.144. The molecule has 1 unspecified atom stereocenters. The average Bonchev–Trinajstić information content (AvgIpc) is 2.96. The first-order valence-corrected chi connectivity index (χ1v) is 8.17. The molecule has 0 radical (unpaired) electrons. The number of aromatic nitrogens is 2. The van der Waals surface area contributed by atoms with Crippen LogP contribution in [0.4, 0.5) is 0 Å². The van der Waals surface area contributed by atoms with Crippen LogP contribution in [0.5, 0.6) is 0 Å². The molecule has 128 valence electrons. The highest BCUT2D eigenvalue weighted by molar-refractivity contribution is 5.88. The summed E-state index contributed by atoms with van der Waals surface area (Å²) >= 11 is 0. The summed E-state index contributed by atoms with van der Waals surface area (Å²) in [6.07, 6.45) is 2.09. The normalized spacial score (nSPS) is 19.2. The maximum absolute atomic E-state index is 12.6. The molecule has 2 amide bonds. The van der Waals surface area contributed by atoms with Crippen LogP contribution in [-0.2, 0) is 16.1 Å². The van der Waals surface area contributed by atoms with Gasteiger partial charge >= 0.3 is 0 Å². The second kappa shape index (κ2) is 7.59. The Hall–Kier alpha value is -1.89. The van der Waals surface area contributed by atoms with Gasteiger partial charge in [0.25, 0.3) is 0 Å². The van der Waals surface area contributed by atoms with Crippen LogP contribution < -0.4 is 5.32 Å². The molecule has 0 saturated carbocycles. The molecule has 7 heteroatoms. The number of hydrogen-bond acceptors (Lipinski definition) is 4. The lowest BCUT2D eigenvalue weighted by Gasteiger charge is -2.42. The summed E-state index contributed by atoms with van der Waals surface area (Å²) < 4.78 is 1.82.